The molecule has 2 amide bonds. The van der Waals surface area contributed by atoms with Crippen molar-refractivity contribution in [2.24, 2.45) is 0 Å². The molecule has 7 nitrogen and oxygen atoms in total. The van der Waals surface area contributed by atoms with Crippen molar-refractivity contribution in [1.82, 2.24) is 10.2 Å². The van der Waals surface area contributed by atoms with Crippen molar-refractivity contribution in [3.05, 3.63) is 23.7 Å². The number of rotatable bonds is 5. The maximum absolute atomic E-state index is 11.9. The molecule has 0 radical (unpaired) electrons. The molecule has 7 heteroatoms. The van der Waals surface area contributed by atoms with E-state index >= 15 is 0 Å². The van der Waals surface area contributed by atoms with Crippen LogP contribution in [0.5, 0.6) is 0 Å². The van der Waals surface area contributed by atoms with Crippen LogP contribution >= 0.6 is 0 Å². The Kier molecular flexibility index (Phi) is 4.97. The van der Waals surface area contributed by atoms with Crippen molar-refractivity contribution in [2.75, 3.05) is 19.6 Å². The van der Waals surface area contributed by atoms with Crippen LogP contribution in [0, 0.1) is 0 Å². The van der Waals surface area contributed by atoms with Crippen LogP contribution < -0.4 is 5.32 Å². The Morgan fingerprint density at radius 1 is 1.24 bits per heavy atom. The highest BCUT2D eigenvalue weighted by Gasteiger charge is 2.17. The molecule has 0 unspecified atom stereocenters. The third-order valence-corrected chi connectivity index (χ3v) is 3.40. The number of furan rings is 1. The summed E-state index contributed by atoms with van der Waals surface area (Å²) in [5.41, 5.74) is -0.0791. The molecule has 1 aliphatic rings. The number of nitrogens with zero attached hydrogens (tertiary/aromatic N) is 1. The van der Waals surface area contributed by atoms with Gasteiger partial charge in [-0.1, -0.05) is 0 Å². The number of amides is 2. The number of carbonyl (C=O) groups is 3. The molecule has 0 bridgehead atoms. The fraction of sp³-hybridized carbons (Fsp3) is 0.500. The van der Waals surface area contributed by atoms with E-state index in [1.54, 1.807) is 0 Å². The Balaban J connectivity index is 1.75. The summed E-state index contributed by atoms with van der Waals surface area (Å²) >= 11 is 0. The summed E-state index contributed by atoms with van der Waals surface area (Å²) in [5, 5.41) is 11.3. The molecule has 1 aromatic rings. The lowest BCUT2D eigenvalue weighted by atomic mass is 10.1. The zero-order valence-electron chi connectivity index (χ0n) is 11.6. The molecular weight excluding hydrogens is 276 g/mol. The van der Waals surface area contributed by atoms with Crippen LogP contribution in [0.3, 0.4) is 0 Å². The van der Waals surface area contributed by atoms with Crippen LogP contribution in [0.15, 0.2) is 16.7 Å². The first-order valence-corrected chi connectivity index (χ1v) is 6.96. The van der Waals surface area contributed by atoms with Crippen LogP contribution in [0.4, 0.5) is 0 Å². The summed E-state index contributed by atoms with van der Waals surface area (Å²) in [4.78, 5) is 36.1. The Morgan fingerprint density at radius 3 is 2.57 bits per heavy atom. The first-order valence-electron chi connectivity index (χ1n) is 6.96. The van der Waals surface area contributed by atoms with Crippen LogP contribution in [0.25, 0.3) is 0 Å². The molecule has 1 fully saturated rings. The van der Waals surface area contributed by atoms with E-state index in [1.807, 2.05) is 4.90 Å². The Hall–Kier alpha value is -2.31. The number of aromatic carboxylic acids is 1. The number of hydrogen-bond donors (Lipinski definition) is 2. The first-order chi connectivity index (χ1) is 10.1. The molecule has 0 atom stereocenters. The molecule has 2 N–H and O–H groups in total. The zero-order valence-corrected chi connectivity index (χ0v) is 11.6. The fourth-order valence-corrected chi connectivity index (χ4v) is 2.24. The van der Waals surface area contributed by atoms with Gasteiger partial charge in [0, 0.05) is 32.1 Å². The number of carbonyl (C=O) groups excluding carboxylic acids is 2. The third-order valence-electron chi connectivity index (χ3n) is 3.40. The fourth-order valence-electron chi connectivity index (χ4n) is 2.24. The van der Waals surface area contributed by atoms with E-state index in [0.29, 0.717) is 0 Å². The van der Waals surface area contributed by atoms with Gasteiger partial charge in [-0.2, -0.15) is 0 Å². The smallest absolute Gasteiger partial charge is 0.338 e. The lowest BCUT2D eigenvalue weighted by molar-refractivity contribution is -0.131. The van der Waals surface area contributed by atoms with E-state index in [2.05, 4.69) is 5.32 Å². The van der Waals surface area contributed by atoms with E-state index in [-0.39, 0.29) is 30.2 Å². The van der Waals surface area contributed by atoms with Gasteiger partial charge in [0.2, 0.25) is 5.91 Å². The lowest BCUT2D eigenvalue weighted by Crippen LogP contribution is -2.37. The van der Waals surface area contributed by atoms with Gasteiger partial charge >= 0.3 is 5.97 Å². The number of nitrogens with one attached hydrogen (secondary N) is 1. The van der Waals surface area contributed by atoms with E-state index in [9.17, 15) is 14.4 Å². The monoisotopic (exact) mass is 294 g/mol. The Bertz CT molecular complexity index is 531. The van der Waals surface area contributed by atoms with Crippen LogP contribution in [0.1, 0.15) is 46.6 Å². The predicted octanol–water partition coefficient (Wildman–Crippen LogP) is 1.11. The van der Waals surface area contributed by atoms with Gasteiger partial charge < -0.3 is 19.7 Å². The van der Waals surface area contributed by atoms with Gasteiger partial charge in [0.05, 0.1) is 5.56 Å². The van der Waals surface area contributed by atoms with E-state index < -0.39 is 11.9 Å². The minimum atomic E-state index is -1.15. The highest BCUT2D eigenvalue weighted by atomic mass is 16.4. The minimum Gasteiger partial charge on any atom is -0.478 e. The number of hydrogen-bond acceptors (Lipinski definition) is 4. The van der Waals surface area contributed by atoms with E-state index in [4.69, 9.17) is 9.52 Å². The van der Waals surface area contributed by atoms with Crippen molar-refractivity contribution >= 4 is 17.8 Å². The number of carboxylic acids is 1. The van der Waals surface area contributed by atoms with E-state index in [1.165, 1.54) is 0 Å². The van der Waals surface area contributed by atoms with Gasteiger partial charge in [0.1, 0.15) is 6.26 Å². The number of likely N-dealkylation sites (tertiary alicyclic amines) is 1. The second kappa shape index (κ2) is 6.92. The minimum absolute atomic E-state index is 0.0284. The van der Waals surface area contributed by atoms with Crippen molar-refractivity contribution in [2.45, 2.75) is 25.7 Å². The van der Waals surface area contributed by atoms with Crippen LogP contribution in [-0.2, 0) is 4.79 Å². The standard InChI is InChI=1S/C14H18N2O5/c17-12(16-6-2-1-3-7-16)4-5-15-13(18)11-8-10(9-21-11)14(19)20/h8-9H,1-7H2,(H,15,18)(H,19,20). The molecule has 0 spiro atoms. The van der Waals surface area contributed by atoms with Gasteiger partial charge in [-0.05, 0) is 19.3 Å². The molecule has 0 aromatic carbocycles. The highest BCUT2D eigenvalue weighted by Crippen LogP contribution is 2.10. The molecule has 1 aliphatic heterocycles. The topological polar surface area (TPSA) is 99.8 Å². The molecule has 1 saturated heterocycles. The van der Waals surface area contributed by atoms with Gasteiger partial charge in [-0.15, -0.1) is 0 Å². The average Bonchev–Trinajstić information content (AvgIpc) is 2.98. The zero-order chi connectivity index (χ0) is 15.2. The molecule has 0 saturated carbocycles. The number of carboxylic acid groups (broad SMARTS) is 1. The van der Waals surface area contributed by atoms with Gasteiger partial charge in [0.15, 0.2) is 5.76 Å². The molecule has 114 valence electrons. The second-order valence-corrected chi connectivity index (χ2v) is 4.95. The quantitative estimate of drug-likeness (QED) is 0.847. The summed E-state index contributed by atoms with van der Waals surface area (Å²) in [6.07, 6.45) is 4.46. The van der Waals surface area contributed by atoms with Crippen LogP contribution in [0.2, 0.25) is 0 Å². The normalized spacial score (nSPS) is 14.8. The maximum Gasteiger partial charge on any atom is 0.338 e. The molecular formula is C14H18N2O5. The first kappa shape index (κ1) is 15.1. The summed E-state index contributed by atoms with van der Waals surface area (Å²) < 4.78 is 4.87. The predicted molar refractivity (Wildman–Crippen MR) is 73.0 cm³/mol. The van der Waals surface area contributed by atoms with Gasteiger partial charge in [-0.3, -0.25) is 9.59 Å². The van der Waals surface area contributed by atoms with Crippen molar-refractivity contribution in [3.8, 4) is 0 Å². The largest absolute Gasteiger partial charge is 0.478 e. The lowest BCUT2D eigenvalue weighted by Gasteiger charge is -2.26. The Labute approximate surface area is 121 Å². The van der Waals surface area contributed by atoms with Crippen molar-refractivity contribution in [3.63, 3.8) is 0 Å². The Morgan fingerprint density at radius 2 is 1.95 bits per heavy atom. The maximum atomic E-state index is 11.9. The SMILES string of the molecule is O=C(O)c1coc(C(=O)NCCC(=O)N2CCCCC2)c1. The summed E-state index contributed by atoms with van der Waals surface area (Å²) in [6.45, 7) is 1.77. The van der Waals surface area contributed by atoms with Crippen molar-refractivity contribution in [1.29, 1.82) is 0 Å². The summed E-state index contributed by atoms with van der Waals surface area (Å²) in [6, 6.07) is 1.16. The van der Waals surface area contributed by atoms with Crippen LogP contribution in [-0.4, -0.2) is 47.4 Å². The third kappa shape index (κ3) is 4.08. The molecule has 21 heavy (non-hydrogen) atoms. The molecule has 1 aromatic heterocycles. The van der Waals surface area contributed by atoms with Gasteiger partial charge in [-0.25, -0.2) is 4.79 Å². The molecule has 0 aliphatic carbocycles. The molecule has 2 rings (SSSR count). The summed E-state index contributed by atoms with van der Waals surface area (Å²) in [5.74, 6) is -1.72. The number of piperidine rings is 1. The summed E-state index contributed by atoms with van der Waals surface area (Å²) in [7, 11) is 0. The molecule has 2 heterocycles. The highest BCUT2D eigenvalue weighted by molar-refractivity contribution is 5.95. The van der Waals surface area contributed by atoms with Gasteiger partial charge in [0.25, 0.3) is 5.91 Å². The van der Waals surface area contributed by atoms with E-state index in [0.717, 1.165) is 44.7 Å². The van der Waals surface area contributed by atoms with Crippen molar-refractivity contribution < 1.29 is 23.9 Å². The average molecular weight is 294 g/mol. The second-order valence-electron chi connectivity index (χ2n) is 4.95.